The SMILES string of the molecule is Cl.Cn1c(CO)nc2ccc(Oc3ccccc3)cc21. The summed E-state index contributed by atoms with van der Waals surface area (Å²) in [5.41, 5.74) is 1.80. The van der Waals surface area contributed by atoms with Gasteiger partial charge in [0, 0.05) is 13.1 Å². The first kappa shape index (κ1) is 14.4. The summed E-state index contributed by atoms with van der Waals surface area (Å²) < 4.78 is 7.65. The van der Waals surface area contributed by atoms with E-state index >= 15 is 0 Å². The number of aliphatic hydroxyl groups excluding tert-OH is 1. The van der Waals surface area contributed by atoms with Crippen LogP contribution in [0.4, 0.5) is 0 Å². The lowest BCUT2D eigenvalue weighted by Gasteiger charge is -2.05. The van der Waals surface area contributed by atoms with E-state index in [4.69, 9.17) is 4.74 Å². The first-order chi connectivity index (χ1) is 9.28. The van der Waals surface area contributed by atoms with E-state index in [1.807, 2.05) is 60.1 Å². The van der Waals surface area contributed by atoms with Crippen molar-refractivity contribution in [2.45, 2.75) is 6.61 Å². The van der Waals surface area contributed by atoms with E-state index in [-0.39, 0.29) is 19.0 Å². The van der Waals surface area contributed by atoms with Crippen LogP contribution in [0.3, 0.4) is 0 Å². The molecule has 3 rings (SSSR count). The van der Waals surface area contributed by atoms with Crippen LogP contribution in [-0.4, -0.2) is 14.7 Å². The zero-order valence-corrected chi connectivity index (χ0v) is 11.8. The zero-order chi connectivity index (χ0) is 13.2. The average Bonchev–Trinajstić information content (AvgIpc) is 2.77. The van der Waals surface area contributed by atoms with Crippen molar-refractivity contribution in [1.82, 2.24) is 9.55 Å². The summed E-state index contributed by atoms with van der Waals surface area (Å²) in [6.07, 6.45) is 0. The highest BCUT2D eigenvalue weighted by Crippen LogP contribution is 2.25. The quantitative estimate of drug-likeness (QED) is 0.805. The molecular formula is C15H15ClN2O2. The smallest absolute Gasteiger partial charge is 0.135 e. The van der Waals surface area contributed by atoms with Gasteiger partial charge in [-0.15, -0.1) is 12.4 Å². The summed E-state index contributed by atoms with van der Waals surface area (Å²) >= 11 is 0. The number of fused-ring (bicyclic) bond motifs is 1. The summed E-state index contributed by atoms with van der Waals surface area (Å²) in [5, 5.41) is 9.21. The van der Waals surface area contributed by atoms with Gasteiger partial charge < -0.3 is 14.4 Å². The van der Waals surface area contributed by atoms with Gasteiger partial charge in [0.1, 0.15) is 23.9 Å². The van der Waals surface area contributed by atoms with Crippen LogP contribution < -0.4 is 4.74 Å². The van der Waals surface area contributed by atoms with E-state index in [1.54, 1.807) is 0 Å². The minimum atomic E-state index is -0.0694. The Morgan fingerprint density at radius 2 is 1.85 bits per heavy atom. The molecule has 0 aliphatic heterocycles. The molecule has 20 heavy (non-hydrogen) atoms. The molecule has 0 atom stereocenters. The molecule has 0 saturated heterocycles. The standard InChI is InChI=1S/C15H14N2O2.ClH/c1-17-14-9-12(19-11-5-3-2-4-6-11)7-8-13(14)16-15(17)10-18;/h2-9,18H,10H2,1H3;1H. The second-order valence-electron chi connectivity index (χ2n) is 4.31. The molecule has 1 N–H and O–H groups in total. The second-order valence-corrected chi connectivity index (χ2v) is 4.31. The Morgan fingerprint density at radius 3 is 2.55 bits per heavy atom. The molecule has 0 bridgehead atoms. The minimum absolute atomic E-state index is 0. The zero-order valence-electron chi connectivity index (χ0n) is 11.0. The molecule has 0 unspecified atom stereocenters. The van der Waals surface area contributed by atoms with Crippen LogP contribution in [0.2, 0.25) is 0 Å². The third-order valence-electron chi connectivity index (χ3n) is 3.07. The molecule has 2 aromatic carbocycles. The molecule has 0 saturated carbocycles. The minimum Gasteiger partial charge on any atom is -0.457 e. The van der Waals surface area contributed by atoms with Crippen LogP contribution in [0.1, 0.15) is 5.82 Å². The molecule has 0 aliphatic rings. The Balaban J connectivity index is 0.00000147. The summed E-state index contributed by atoms with van der Waals surface area (Å²) in [6, 6.07) is 15.3. The van der Waals surface area contributed by atoms with Crippen LogP contribution in [0, 0.1) is 0 Å². The molecule has 1 heterocycles. The van der Waals surface area contributed by atoms with Crippen LogP contribution in [0.25, 0.3) is 11.0 Å². The number of aliphatic hydroxyl groups is 1. The lowest BCUT2D eigenvalue weighted by atomic mass is 10.3. The van der Waals surface area contributed by atoms with Gasteiger partial charge in [0.2, 0.25) is 0 Å². The Bertz CT molecular complexity index is 710. The lowest BCUT2D eigenvalue weighted by molar-refractivity contribution is 0.268. The second kappa shape index (κ2) is 5.94. The van der Waals surface area contributed by atoms with Crippen molar-refractivity contribution in [2.75, 3.05) is 0 Å². The molecule has 5 heteroatoms. The highest BCUT2D eigenvalue weighted by molar-refractivity contribution is 5.85. The highest BCUT2D eigenvalue weighted by Gasteiger charge is 2.08. The molecule has 0 aliphatic carbocycles. The van der Waals surface area contributed by atoms with Gasteiger partial charge in [-0.3, -0.25) is 0 Å². The van der Waals surface area contributed by atoms with Crippen LogP contribution in [0.5, 0.6) is 11.5 Å². The molecule has 4 nitrogen and oxygen atoms in total. The van der Waals surface area contributed by atoms with Crippen LogP contribution >= 0.6 is 12.4 Å². The average molecular weight is 291 g/mol. The number of halogens is 1. The van der Waals surface area contributed by atoms with Crippen molar-refractivity contribution in [3.63, 3.8) is 0 Å². The Hall–Kier alpha value is -2.04. The van der Waals surface area contributed by atoms with Crippen molar-refractivity contribution in [3.05, 3.63) is 54.4 Å². The monoisotopic (exact) mass is 290 g/mol. The molecule has 104 valence electrons. The topological polar surface area (TPSA) is 47.3 Å². The third-order valence-corrected chi connectivity index (χ3v) is 3.07. The molecule has 3 aromatic rings. The molecule has 1 aromatic heterocycles. The predicted octanol–water partition coefficient (Wildman–Crippen LogP) is 3.28. The molecule has 0 radical (unpaired) electrons. The Kier molecular flexibility index (Phi) is 4.27. The molecular weight excluding hydrogens is 276 g/mol. The van der Waals surface area contributed by atoms with E-state index in [1.165, 1.54) is 0 Å². The maximum absolute atomic E-state index is 9.21. The normalized spacial score (nSPS) is 10.3. The number of aryl methyl sites for hydroxylation is 1. The van der Waals surface area contributed by atoms with Crippen molar-refractivity contribution >= 4 is 23.4 Å². The van der Waals surface area contributed by atoms with E-state index in [0.717, 1.165) is 22.5 Å². The van der Waals surface area contributed by atoms with Crippen LogP contribution in [-0.2, 0) is 13.7 Å². The van der Waals surface area contributed by atoms with Gasteiger partial charge in [0.25, 0.3) is 0 Å². The summed E-state index contributed by atoms with van der Waals surface area (Å²) in [6.45, 7) is -0.0694. The van der Waals surface area contributed by atoms with Gasteiger partial charge in [-0.1, -0.05) is 18.2 Å². The number of benzene rings is 2. The molecule has 0 amide bonds. The Labute approximate surface area is 123 Å². The van der Waals surface area contributed by atoms with Gasteiger partial charge in [-0.25, -0.2) is 4.98 Å². The first-order valence-corrected chi connectivity index (χ1v) is 6.07. The number of hydrogen-bond donors (Lipinski definition) is 1. The third kappa shape index (κ3) is 2.61. The van der Waals surface area contributed by atoms with E-state index in [2.05, 4.69) is 4.98 Å². The predicted molar refractivity (Wildman–Crippen MR) is 80.4 cm³/mol. The van der Waals surface area contributed by atoms with Crippen molar-refractivity contribution in [2.24, 2.45) is 7.05 Å². The van der Waals surface area contributed by atoms with E-state index in [9.17, 15) is 5.11 Å². The maximum Gasteiger partial charge on any atom is 0.135 e. The molecule has 0 spiro atoms. The highest BCUT2D eigenvalue weighted by atomic mass is 35.5. The van der Waals surface area contributed by atoms with Crippen molar-refractivity contribution in [1.29, 1.82) is 0 Å². The van der Waals surface area contributed by atoms with E-state index in [0.29, 0.717) is 5.82 Å². The fraction of sp³-hybridized carbons (Fsp3) is 0.133. The number of aromatic nitrogens is 2. The van der Waals surface area contributed by atoms with Crippen LogP contribution in [0.15, 0.2) is 48.5 Å². The summed E-state index contributed by atoms with van der Waals surface area (Å²) in [4.78, 5) is 4.34. The van der Waals surface area contributed by atoms with Gasteiger partial charge in [-0.2, -0.15) is 0 Å². The van der Waals surface area contributed by atoms with Gasteiger partial charge >= 0.3 is 0 Å². The number of rotatable bonds is 3. The number of para-hydroxylation sites is 1. The summed E-state index contributed by atoms with van der Waals surface area (Å²) in [5.74, 6) is 2.20. The maximum atomic E-state index is 9.21. The largest absolute Gasteiger partial charge is 0.457 e. The number of ether oxygens (including phenoxy) is 1. The van der Waals surface area contributed by atoms with Crippen molar-refractivity contribution in [3.8, 4) is 11.5 Å². The Morgan fingerprint density at radius 1 is 1.10 bits per heavy atom. The van der Waals surface area contributed by atoms with Gasteiger partial charge in [0.05, 0.1) is 11.0 Å². The number of imidazole rings is 1. The number of nitrogens with zero attached hydrogens (tertiary/aromatic N) is 2. The lowest BCUT2D eigenvalue weighted by Crippen LogP contribution is -1.96. The fourth-order valence-corrected chi connectivity index (χ4v) is 2.05. The van der Waals surface area contributed by atoms with Gasteiger partial charge in [-0.05, 0) is 24.3 Å². The number of hydrogen-bond acceptors (Lipinski definition) is 3. The molecule has 0 fully saturated rings. The van der Waals surface area contributed by atoms with E-state index < -0.39 is 0 Å². The summed E-state index contributed by atoms with van der Waals surface area (Å²) in [7, 11) is 1.88. The fourth-order valence-electron chi connectivity index (χ4n) is 2.05. The van der Waals surface area contributed by atoms with Crippen molar-refractivity contribution < 1.29 is 9.84 Å². The van der Waals surface area contributed by atoms with Gasteiger partial charge in [0.15, 0.2) is 0 Å². The first-order valence-electron chi connectivity index (χ1n) is 6.07.